The second kappa shape index (κ2) is 8.59. The fourth-order valence-corrected chi connectivity index (χ4v) is 4.44. The van der Waals surface area contributed by atoms with Gasteiger partial charge in [-0.2, -0.15) is 0 Å². The minimum Gasteiger partial charge on any atom is -0.373 e. The zero-order valence-electron chi connectivity index (χ0n) is 16.6. The molecule has 2 amide bonds. The molecule has 1 unspecified atom stereocenters. The lowest BCUT2D eigenvalue weighted by atomic mass is 10.0. The maximum atomic E-state index is 13.2. The number of amides is 2. The van der Waals surface area contributed by atoms with E-state index < -0.39 is 0 Å². The highest BCUT2D eigenvalue weighted by molar-refractivity contribution is 6.31. The second-order valence-corrected chi connectivity index (χ2v) is 7.96. The van der Waals surface area contributed by atoms with Crippen molar-refractivity contribution in [1.29, 1.82) is 0 Å². The van der Waals surface area contributed by atoms with Gasteiger partial charge in [0.05, 0.1) is 30.5 Å². The van der Waals surface area contributed by atoms with Gasteiger partial charge in [0, 0.05) is 24.7 Å². The standard InChI is InChI=1S/C22H26ClN3O3/c1-2-18(15-7-3-4-8-17(15)23)24-21(27)16-13-19(22(28)25-9-5-6-10-25)26-11-12-29-14-20(16)26/h3-4,7-8,13,18H,2,5-6,9-12,14H2,1H3,(H,24,27). The molecule has 1 saturated heterocycles. The lowest BCUT2D eigenvalue weighted by molar-refractivity contribution is 0.0714. The van der Waals surface area contributed by atoms with Gasteiger partial charge in [0.15, 0.2) is 0 Å². The highest BCUT2D eigenvalue weighted by Crippen LogP contribution is 2.27. The van der Waals surface area contributed by atoms with E-state index in [0.29, 0.717) is 42.5 Å². The summed E-state index contributed by atoms with van der Waals surface area (Å²) in [6.45, 7) is 5.02. The molecule has 0 saturated carbocycles. The van der Waals surface area contributed by atoms with Crippen LogP contribution in [-0.4, -0.2) is 41.0 Å². The molecule has 0 bridgehead atoms. The molecule has 0 radical (unpaired) electrons. The van der Waals surface area contributed by atoms with E-state index in [-0.39, 0.29) is 17.9 Å². The number of hydrogen-bond donors (Lipinski definition) is 1. The number of fused-ring (bicyclic) bond motifs is 1. The zero-order chi connectivity index (χ0) is 20.4. The van der Waals surface area contributed by atoms with Crippen LogP contribution in [0.25, 0.3) is 0 Å². The van der Waals surface area contributed by atoms with Crippen molar-refractivity contribution in [2.24, 2.45) is 0 Å². The number of rotatable bonds is 5. The monoisotopic (exact) mass is 415 g/mol. The molecule has 2 aromatic rings. The van der Waals surface area contributed by atoms with Crippen LogP contribution in [0.4, 0.5) is 0 Å². The van der Waals surface area contributed by atoms with Crippen LogP contribution in [-0.2, 0) is 17.9 Å². The van der Waals surface area contributed by atoms with Gasteiger partial charge in [0.2, 0.25) is 0 Å². The number of likely N-dealkylation sites (tertiary alicyclic amines) is 1. The molecule has 1 fully saturated rings. The topological polar surface area (TPSA) is 63.6 Å². The fraction of sp³-hybridized carbons (Fsp3) is 0.455. The molecule has 7 heteroatoms. The summed E-state index contributed by atoms with van der Waals surface area (Å²) in [5.74, 6) is -0.200. The Morgan fingerprint density at radius 1 is 1.21 bits per heavy atom. The van der Waals surface area contributed by atoms with E-state index in [2.05, 4.69) is 5.32 Å². The Hall–Kier alpha value is -2.31. The molecular weight excluding hydrogens is 390 g/mol. The predicted molar refractivity (Wildman–Crippen MR) is 111 cm³/mol. The van der Waals surface area contributed by atoms with Crippen molar-refractivity contribution in [2.75, 3.05) is 19.7 Å². The summed E-state index contributed by atoms with van der Waals surface area (Å²) < 4.78 is 7.55. The fourth-order valence-electron chi connectivity index (χ4n) is 4.17. The molecule has 3 heterocycles. The number of aromatic nitrogens is 1. The van der Waals surface area contributed by atoms with Gasteiger partial charge in [-0.3, -0.25) is 9.59 Å². The van der Waals surface area contributed by atoms with Gasteiger partial charge in [-0.15, -0.1) is 0 Å². The highest BCUT2D eigenvalue weighted by atomic mass is 35.5. The Balaban J connectivity index is 1.63. The third kappa shape index (κ3) is 3.91. The van der Waals surface area contributed by atoms with Gasteiger partial charge in [-0.25, -0.2) is 0 Å². The molecule has 154 valence electrons. The molecule has 0 spiro atoms. The number of halogens is 1. The molecule has 4 rings (SSSR count). The molecule has 2 aliphatic rings. The molecule has 2 aliphatic heterocycles. The number of hydrogen-bond acceptors (Lipinski definition) is 3. The van der Waals surface area contributed by atoms with E-state index in [1.807, 2.05) is 40.7 Å². The molecule has 1 atom stereocenters. The maximum Gasteiger partial charge on any atom is 0.270 e. The second-order valence-electron chi connectivity index (χ2n) is 7.55. The number of nitrogens with one attached hydrogen (secondary N) is 1. The molecule has 1 aromatic heterocycles. The Morgan fingerprint density at radius 3 is 2.69 bits per heavy atom. The minimum absolute atomic E-state index is 0.00263. The van der Waals surface area contributed by atoms with Crippen LogP contribution < -0.4 is 5.32 Å². The smallest absolute Gasteiger partial charge is 0.270 e. The number of benzene rings is 1. The first-order chi connectivity index (χ1) is 14.1. The highest BCUT2D eigenvalue weighted by Gasteiger charge is 2.30. The van der Waals surface area contributed by atoms with Crippen LogP contribution in [0, 0.1) is 0 Å². The summed E-state index contributed by atoms with van der Waals surface area (Å²) in [5.41, 5.74) is 2.76. The lowest BCUT2D eigenvalue weighted by Gasteiger charge is -2.22. The maximum absolute atomic E-state index is 13.2. The lowest BCUT2D eigenvalue weighted by Crippen LogP contribution is -2.31. The minimum atomic E-state index is -0.202. The van der Waals surface area contributed by atoms with Gasteiger partial charge >= 0.3 is 0 Å². The van der Waals surface area contributed by atoms with Crippen LogP contribution >= 0.6 is 11.6 Å². The average Bonchev–Trinajstić information content (AvgIpc) is 3.40. The molecule has 0 aliphatic carbocycles. The quantitative estimate of drug-likeness (QED) is 0.808. The SMILES string of the molecule is CCC(NC(=O)c1cc(C(=O)N2CCCC2)n2c1COCC2)c1ccccc1Cl. The molecular formula is C22H26ClN3O3. The van der Waals surface area contributed by atoms with Gasteiger partial charge in [-0.05, 0) is 37.0 Å². The number of carbonyl (C=O) groups is 2. The first kappa shape index (κ1) is 20.0. The largest absolute Gasteiger partial charge is 0.373 e. The van der Waals surface area contributed by atoms with Crippen molar-refractivity contribution < 1.29 is 14.3 Å². The predicted octanol–water partition coefficient (Wildman–Crippen LogP) is 3.79. The molecule has 29 heavy (non-hydrogen) atoms. The Bertz CT molecular complexity index is 918. The summed E-state index contributed by atoms with van der Waals surface area (Å²) in [4.78, 5) is 28.1. The summed E-state index contributed by atoms with van der Waals surface area (Å²) in [6.07, 6.45) is 2.78. The van der Waals surface area contributed by atoms with Crippen molar-refractivity contribution in [1.82, 2.24) is 14.8 Å². The summed E-state index contributed by atoms with van der Waals surface area (Å²) in [7, 11) is 0. The van der Waals surface area contributed by atoms with E-state index in [1.165, 1.54) is 0 Å². The van der Waals surface area contributed by atoms with Gasteiger partial charge in [0.25, 0.3) is 11.8 Å². The van der Waals surface area contributed by atoms with Crippen molar-refractivity contribution in [3.8, 4) is 0 Å². The van der Waals surface area contributed by atoms with Crippen LogP contribution in [0.1, 0.15) is 64.3 Å². The Kier molecular flexibility index (Phi) is 5.92. The number of carbonyl (C=O) groups excluding carboxylic acids is 2. The van der Waals surface area contributed by atoms with Crippen LogP contribution in [0.2, 0.25) is 5.02 Å². The normalized spacial score (nSPS) is 17.1. The molecule has 6 nitrogen and oxygen atoms in total. The third-order valence-corrected chi connectivity index (χ3v) is 6.10. The van der Waals surface area contributed by atoms with Crippen molar-refractivity contribution in [3.05, 3.63) is 57.9 Å². The number of ether oxygens (including phenoxy) is 1. The van der Waals surface area contributed by atoms with Crippen molar-refractivity contribution in [3.63, 3.8) is 0 Å². The van der Waals surface area contributed by atoms with E-state index in [1.54, 1.807) is 6.07 Å². The van der Waals surface area contributed by atoms with E-state index in [9.17, 15) is 9.59 Å². The van der Waals surface area contributed by atoms with E-state index in [4.69, 9.17) is 16.3 Å². The number of nitrogens with zero attached hydrogens (tertiary/aromatic N) is 2. The summed E-state index contributed by atoms with van der Waals surface area (Å²) >= 11 is 6.34. The first-order valence-corrected chi connectivity index (χ1v) is 10.6. The molecule has 1 N–H and O–H groups in total. The zero-order valence-corrected chi connectivity index (χ0v) is 17.4. The van der Waals surface area contributed by atoms with Gasteiger partial charge in [0.1, 0.15) is 5.69 Å². The summed E-state index contributed by atoms with van der Waals surface area (Å²) in [6, 6.07) is 9.08. The van der Waals surface area contributed by atoms with Crippen LogP contribution in [0.5, 0.6) is 0 Å². The Labute approximate surface area is 175 Å². The first-order valence-electron chi connectivity index (χ1n) is 10.2. The summed E-state index contributed by atoms with van der Waals surface area (Å²) in [5, 5.41) is 3.73. The van der Waals surface area contributed by atoms with Gasteiger partial charge < -0.3 is 19.5 Å². The van der Waals surface area contributed by atoms with E-state index >= 15 is 0 Å². The van der Waals surface area contributed by atoms with Crippen molar-refractivity contribution >= 4 is 23.4 Å². The Morgan fingerprint density at radius 2 is 1.97 bits per heavy atom. The van der Waals surface area contributed by atoms with Gasteiger partial charge in [-0.1, -0.05) is 36.7 Å². The average molecular weight is 416 g/mol. The third-order valence-electron chi connectivity index (χ3n) is 5.76. The van der Waals surface area contributed by atoms with Crippen LogP contribution in [0.15, 0.2) is 30.3 Å². The van der Waals surface area contributed by atoms with E-state index in [0.717, 1.165) is 37.2 Å². The molecule has 1 aromatic carbocycles. The van der Waals surface area contributed by atoms with Crippen LogP contribution in [0.3, 0.4) is 0 Å². The van der Waals surface area contributed by atoms with Crippen molar-refractivity contribution in [2.45, 2.75) is 45.4 Å².